The quantitative estimate of drug-likeness (QED) is 0.206. The number of nitrogens with zero attached hydrogens (tertiary/aromatic N) is 3. The van der Waals surface area contributed by atoms with E-state index in [2.05, 4.69) is 32.3 Å². The van der Waals surface area contributed by atoms with E-state index in [1.807, 2.05) is 30.3 Å². The number of aliphatic imine (C=N–C) groups is 1. The van der Waals surface area contributed by atoms with E-state index >= 15 is 0 Å². The number of ether oxygens (including phenoxy) is 1. The van der Waals surface area contributed by atoms with Crippen LogP contribution in [0.5, 0.6) is 5.75 Å². The van der Waals surface area contributed by atoms with Crippen molar-refractivity contribution in [2.45, 2.75) is 32.6 Å². The number of para-hydroxylation sites is 1. The van der Waals surface area contributed by atoms with Gasteiger partial charge >= 0.3 is 0 Å². The van der Waals surface area contributed by atoms with E-state index in [0.29, 0.717) is 18.4 Å². The summed E-state index contributed by atoms with van der Waals surface area (Å²) in [5.41, 5.74) is 0. The number of nitrogens with one attached hydrogen (secondary N) is 2. The van der Waals surface area contributed by atoms with Crippen molar-refractivity contribution in [3.05, 3.63) is 30.3 Å². The van der Waals surface area contributed by atoms with Crippen LogP contribution in [0.25, 0.3) is 0 Å². The number of carbonyl (C=O) groups is 1. The molecule has 0 aromatic heterocycles. The minimum Gasteiger partial charge on any atom is -0.494 e. The fourth-order valence-corrected chi connectivity index (χ4v) is 3.74. The maximum absolute atomic E-state index is 12.4. The number of hydrogen-bond acceptors (Lipinski definition) is 4. The van der Waals surface area contributed by atoms with Gasteiger partial charge < -0.3 is 20.3 Å². The van der Waals surface area contributed by atoms with Crippen LogP contribution in [-0.2, 0) is 4.79 Å². The van der Waals surface area contributed by atoms with Gasteiger partial charge in [-0.15, -0.1) is 24.0 Å². The lowest BCUT2D eigenvalue weighted by atomic mass is 9.84. The number of halogens is 1. The summed E-state index contributed by atoms with van der Waals surface area (Å²) < 4.78 is 5.71. The van der Waals surface area contributed by atoms with Gasteiger partial charge in [0.15, 0.2) is 5.96 Å². The maximum Gasteiger partial charge on any atom is 0.225 e. The number of piperazine rings is 1. The standard InChI is InChI=1S/C23H37N5O2.HI/c1-2-24-23(25-12-7-19-30-21-10-4-3-5-11-21)26-13-14-27-15-17-28(18-16-27)22(29)20-8-6-9-20;/h3-5,10-11,20H,2,6-9,12-19H2,1H3,(H2,24,25,26);1H. The van der Waals surface area contributed by atoms with Crippen molar-refractivity contribution >= 4 is 35.8 Å². The topological polar surface area (TPSA) is 69.2 Å². The average molecular weight is 543 g/mol. The second-order valence-electron chi connectivity index (χ2n) is 8.00. The highest BCUT2D eigenvalue weighted by molar-refractivity contribution is 14.0. The molecule has 3 rings (SSSR count). The fraction of sp³-hybridized carbons (Fsp3) is 0.652. The first-order valence-electron chi connectivity index (χ1n) is 11.5. The Labute approximate surface area is 204 Å². The molecular formula is C23H38IN5O2. The second-order valence-corrected chi connectivity index (χ2v) is 8.00. The summed E-state index contributed by atoms with van der Waals surface area (Å²) in [4.78, 5) is 21.5. The Hall–Kier alpha value is -1.55. The molecule has 2 fully saturated rings. The van der Waals surface area contributed by atoms with Crippen LogP contribution in [0.15, 0.2) is 35.3 Å². The highest BCUT2D eigenvalue weighted by Crippen LogP contribution is 2.28. The molecule has 0 spiro atoms. The number of amides is 1. The van der Waals surface area contributed by atoms with Crippen LogP contribution in [0.4, 0.5) is 0 Å². The fourth-order valence-electron chi connectivity index (χ4n) is 3.74. The molecule has 0 atom stereocenters. The summed E-state index contributed by atoms with van der Waals surface area (Å²) >= 11 is 0. The number of hydrogen-bond donors (Lipinski definition) is 2. The van der Waals surface area contributed by atoms with Crippen molar-refractivity contribution in [1.29, 1.82) is 0 Å². The molecule has 0 bridgehead atoms. The van der Waals surface area contributed by atoms with Crippen LogP contribution in [-0.4, -0.2) is 80.6 Å². The molecule has 0 radical (unpaired) electrons. The molecule has 31 heavy (non-hydrogen) atoms. The van der Waals surface area contributed by atoms with Crippen molar-refractivity contribution in [2.24, 2.45) is 10.9 Å². The average Bonchev–Trinajstić information content (AvgIpc) is 2.73. The number of rotatable bonds is 10. The van der Waals surface area contributed by atoms with Gasteiger partial charge in [0.25, 0.3) is 0 Å². The summed E-state index contributed by atoms with van der Waals surface area (Å²) in [6, 6.07) is 9.88. The van der Waals surface area contributed by atoms with Gasteiger partial charge in [0.1, 0.15) is 5.75 Å². The maximum atomic E-state index is 12.4. The molecule has 1 saturated heterocycles. The molecule has 8 heteroatoms. The van der Waals surface area contributed by atoms with E-state index < -0.39 is 0 Å². The lowest BCUT2D eigenvalue weighted by Crippen LogP contribution is -2.52. The summed E-state index contributed by atoms with van der Waals surface area (Å²) in [5.74, 6) is 2.46. The molecule has 7 nitrogen and oxygen atoms in total. The lowest BCUT2D eigenvalue weighted by Gasteiger charge is -2.38. The van der Waals surface area contributed by atoms with Gasteiger partial charge in [0.2, 0.25) is 5.91 Å². The van der Waals surface area contributed by atoms with Crippen LogP contribution in [0, 0.1) is 5.92 Å². The smallest absolute Gasteiger partial charge is 0.225 e. The Morgan fingerprint density at radius 1 is 1.13 bits per heavy atom. The molecule has 1 aromatic carbocycles. The number of carbonyl (C=O) groups excluding carboxylic acids is 1. The molecule has 1 aliphatic heterocycles. The van der Waals surface area contributed by atoms with Crippen molar-refractivity contribution in [3.8, 4) is 5.75 Å². The van der Waals surface area contributed by atoms with Gasteiger partial charge in [-0.25, -0.2) is 0 Å². The SMILES string of the molecule is CCNC(=NCCCOc1ccccc1)NCCN1CCN(C(=O)C2CCC2)CC1.I. The van der Waals surface area contributed by atoms with Crippen LogP contribution >= 0.6 is 24.0 Å². The molecule has 1 heterocycles. The van der Waals surface area contributed by atoms with Gasteiger partial charge in [0, 0.05) is 64.7 Å². The van der Waals surface area contributed by atoms with Gasteiger partial charge in [-0.1, -0.05) is 24.6 Å². The third-order valence-corrected chi connectivity index (χ3v) is 5.79. The summed E-state index contributed by atoms with van der Waals surface area (Å²) in [5, 5.41) is 6.73. The first kappa shape index (κ1) is 25.7. The van der Waals surface area contributed by atoms with E-state index in [0.717, 1.165) is 83.3 Å². The summed E-state index contributed by atoms with van der Waals surface area (Å²) in [7, 11) is 0. The van der Waals surface area contributed by atoms with Crippen LogP contribution in [0.1, 0.15) is 32.6 Å². The summed E-state index contributed by atoms with van der Waals surface area (Å²) in [6.45, 7) is 9.78. The minimum absolute atomic E-state index is 0. The highest BCUT2D eigenvalue weighted by Gasteiger charge is 2.30. The monoisotopic (exact) mass is 543 g/mol. The van der Waals surface area contributed by atoms with Gasteiger partial charge in [-0.2, -0.15) is 0 Å². The van der Waals surface area contributed by atoms with Crippen molar-refractivity contribution < 1.29 is 9.53 Å². The first-order chi connectivity index (χ1) is 14.8. The highest BCUT2D eigenvalue weighted by atomic mass is 127. The van der Waals surface area contributed by atoms with Crippen LogP contribution in [0.2, 0.25) is 0 Å². The van der Waals surface area contributed by atoms with E-state index in [9.17, 15) is 4.79 Å². The second kappa shape index (κ2) is 14.5. The van der Waals surface area contributed by atoms with Gasteiger partial charge in [-0.3, -0.25) is 14.7 Å². The van der Waals surface area contributed by atoms with Gasteiger partial charge in [0.05, 0.1) is 6.61 Å². The van der Waals surface area contributed by atoms with Gasteiger partial charge in [-0.05, 0) is 31.9 Å². The molecule has 1 aliphatic carbocycles. The third kappa shape index (κ3) is 8.84. The number of benzene rings is 1. The predicted octanol–water partition coefficient (Wildman–Crippen LogP) is 2.57. The Bertz CT molecular complexity index is 661. The van der Waals surface area contributed by atoms with E-state index in [1.54, 1.807) is 0 Å². The zero-order valence-corrected chi connectivity index (χ0v) is 21.1. The van der Waals surface area contributed by atoms with Crippen molar-refractivity contribution in [3.63, 3.8) is 0 Å². The third-order valence-electron chi connectivity index (χ3n) is 5.79. The predicted molar refractivity (Wildman–Crippen MR) is 136 cm³/mol. The molecule has 2 N–H and O–H groups in total. The molecule has 0 unspecified atom stereocenters. The van der Waals surface area contributed by atoms with Crippen molar-refractivity contribution in [1.82, 2.24) is 20.4 Å². The molecule has 174 valence electrons. The lowest BCUT2D eigenvalue weighted by molar-refractivity contribution is -0.139. The Morgan fingerprint density at radius 2 is 1.87 bits per heavy atom. The largest absolute Gasteiger partial charge is 0.494 e. The molecule has 1 aromatic rings. The zero-order chi connectivity index (χ0) is 21.0. The van der Waals surface area contributed by atoms with Crippen LogP contribution < -0.4 is 15.4 Å². The van der Waals surface area contributed by atoms with E-state index in [4.69, 9.17) is 4.74 Å². The molecule has 1 saturated carbocycles. The van der Waals surface area contributed by atoms with E-state index in [1.165, 1.54) is 6.42 Å². The van der Waals surface area contributed by atoms with Crippen LogP contribution in [0.3, 0.4) is 0 Å². The Morgan fingerprint density at radius 3 is 2.52 bits per heavy atom. The number of guanidine groups is 1. The first-order valence-corrected chi connectivity index (χ1v) is 11.5. The normalized spacial score (nSPS) is 17.5. The molecular weight excluding hydrogens is 505 g/mol. The molecule has 1 amide bonds. The Kier molecular flexibility index (Phi) is 12.0. The Balaban J connectivity index is 0.00000341. The van der Waals surface area contributed by atoms with Crippen molar-refractivity contribution in [2.75, 3.05) is 59.0 Å². The minimum atomic E-state index is 0. The zero-order valence-electron chi connectivity index (χ0n) is 18.7. The van der Waals surface area contributed by atoms with E-state index in [-0.39, 0.29) is 24.0 Å². The molecule has 2 aliphatic rings. The summed E-state index contributed by atoms with van der Waals surface area (Å²) in [6.07, 6.45) is 4.28.